The number of hydrogen-bond acceptors (Lipinski definition) is 8. The van der Waals surface area contributed by atoms with Crippen LogP contribution in [0.1, 0.15) is 58.8 Å². The quantitative estimate of drug-likeness (QED) is 0.227. The van der Waals surface area contributed by atoms with Crippen molar-refractivity contribution in [3.05, 3.63) is 94.3 Å². The Hall–Kier alpha value is -5.48. The number of primary amides is 1. The molecule has 0 unspecified atom stereocenters. The van der Waals surface area contributed by atoms with Crippen LogP contribution in [0.3, 0.4) is 0 Å². The summed E-state index contributed by atoms with van der Waals surface area (Å²) in [6.07, 6.45) is 2.66. The van der Waals surface area contributed by atoms with E-state index in [1.807, 2.05) is 13.0 Å². The van der Waals surface area contributed by atoms with Crippen LogP contribution >= 0.6 is 11.6 Å². The van der Waals surface area contributed by atoms with Crippen LogP contribution in [0.4, 0.5) is 14.5 Å². The second-order valence-electron chi connectivity index (χ2n) is 11.6. The molecule has 47 heavy (non-hydrogen) atoms. The minimum absolute atomic E-state index is 0.0989. The molecule has 0 spiro atoms. The van der Waals surface area contributed by atoms with Crippen molar-refractivity contribution in [2.45, 2.75) is 44.9 Å². The molecule has 0 saturated heterocycles. The van der Waals surface area contributed by atoms with Gasteiger partial charge < -0.3 is 10.5 Å². The fourth-order valence-corrected chi connectivity index (χ4v) is 5.90. The third kappa shape index (κ3) is 5.50. The third-order valence-corrected chi connectivity index (χ3v) is 8.56. The number of halogens is 3. The average Bonchev–Trinajstić information content (AvgIpc) is 3.78. The number of carbonyl (C=O) groups excluding carboxylic acids is 2. The van der Waals surface area contributed by atoms with Crippen molar-refractivity contribution < 1.29 is 23.1 Å². The summed E-state index contributed by atoms with van der Waals surface area (Å²) in [6, 6.07) is 12.6. The molecule has 1 aliphatic carbocycles. The zero-order valence-electron chi connectivity index (χ0n) is 24.8. The summed E-state index contributed by atoms with van der Waals surface area (Å²) in [5.41, 5.74) is 9.24. The number of nitrogens with two attached hydrogens (primary N) is 1. The molecule has 1 saturated carbocycles. The van der Waals surface area contributed by atoms with Crippen LogP contribution < -0.4 is 15.4 Å². The highest BCUT2D eigenvalue weighted by molar-refractivity contribution is 6.30. The van der Waals surface area contributed by atoms with E-state index in [9.17, 15) is 14.9 Å². The Morgan fingerprint density at radius 2 is 1.98 bits per heavy atom. The lowest BCUT2D eigenvalue weighted by Crippen LogP contribution is -2.50. The van der Waals surface area contributed by atoms with Crippen LogP contribution in [0, 0.1) is 17.2 Å². The molecule has 1 atom stereocenters. The smallest absolute Gasteiger partial charge is 0.423 e. The van der Waals surface area contributed by atoms with Gasteiger partial charge in [0, 0.05) is 23.3 Å². The van der Waals surface area contributed by atoms with E-state index in [1.54, 1.807) is 35.1 Å². The van der Waals surface area contributed by atoms with Gasteiger partial charge in [0.05, 0.1) is 57.7 Å². The van der Waals surface area contributed by atoms with Gasteiger partial charge in [0.1, 0.15) is 6.07 Å². The lowest BCUT2D eigenvalue weighted by molar-refractivity contribution is -0.193. The van der Waals surface area contributed by atoms with Gasteiger partial charge in [-0.15, -0.1) is 0 Å². The Labute approximate surface area is 271 Å². The molecule has 2 N–H and O–H groups in total. The number of amides is 2. The van der Waals surface area contributed by atoms with E-state index in [1.165, 1.54) is 30.6 Å². The van der Waals surface area contributed by atoms with Crippen molar-refractivity contribution >= 4 is 40.1 Å². The second-order valence-corrected chi connectivity index (χ2v) is 12.0. The molecule has 4 aromatic heterocycles. The maximum Gasteiger partial charge on any atom is 0.482 e. The van der Waals surface area contributed by atoms with Crippen LogP contribution in [0.15, 0.2) is 61.1 Å². The SMILES string of the molecule is C[C@@H](c1ccc(C#N)cn1)n1ncc2c(-c3ccc4c(c3)OC(F)(F)C(=O)N4Cc3ccc(Cl)cn3)c(C(N)=O)c(CC3CC3)nc21. The highest BCUT2D eigenvalue weighted by Gasteiger charge is 2.50. The lowest BCUT2D eigenvalue weighted by Gasteiger charge is -2.33. The van der Waals surface area contributed by atoms with E-state index in [4.69, 9.17) is 27.1 Å². The predicted molar refractivity (Wildman–Crippen MR) is 167 cm³/mol. The van der Waals surface area contributed by atoms with Gasteiger partial charge in [-0.2, -0.15) is 19.1 Å². The molecule has 0 radical (unpaired) electrons. The number of nitriles is 1. The van der Waals surface area contributed by atoms with Crippen LogP contribution in [0.2, 0.25) is 5.02 Å². The Balaban J connectivity index is 1.38. The summed E-state index contributed by atoms with van der Waals surface area (Å²) in [4.78, 5) is 40.3. The van der Waals surface area contributed by atoms with Gasteiger partial charge in [0.15, 0.2) is 11.4 Å². The summed E-state index contributed by atoms with van der Waals surface area (Å²) < 4.78 is 36.7. The number of fused-ring (bicyclic) bond motifs is 2. The average molecular weight is 655 g/mol. The minimum Gasteiger partial charge on any atom is -0.423 e. The Morgan fingerprint density at radius 3 is 2.64 bits per heavy atom. The number of anilines is 1. The molecular formula is C33H25ClF2N8O3. The van der Waals surface area contributed by atoms with Crippen molar-refractivity contribution in [3.63, 3.8) is 0 Å². The first kappa shape index (κ1) is 30.2. The van der Waals surface area contributed by atoms with Crippen LogP contribution in [-0.4, -0.2) is 42.7 Å². The molecule has 0 bridgehead atoms. The molecule has 11 nitrogen and oxygen atoms in total. The first-order chi connectivity index (χ1) is 22.5. The van der Waals surface area contributed by atoms with E-state index in [2.05, 4.69) is 15.1 Å². The van der Waals surface area contributed by atoms with E-state index >= 15 is 8.78 Å². The molecule has 2 aliphatic rings. The fraction of sp³-hybridized carbons (Fsp3) is 0.242. The maximum absolute atomic E-state index is 15.0. The second kappa shape index (κ2) is 11.4. The van der Waals surface area contributed by atoms with Crippen molar-refractivity contribution in [1.82, 2.24) is 24.7 Å². The summed E-state index contributed by atoms with van der Waals surface area (Å²) in [6.45, 7) is 1.62. The summed E-state index contributed by atoms with van der Waals surface area (Å²) >= 11 is 5.92. The zero-order valence-corrected chi connectivity index (χ0v) is 25.6. The fourth-order valence-electron chi connectivity index (χ4n) is 5.78. The van der Waals surface area contributed by atoms with Crippen molar-refractivity contribution in [3.8, 4) is 22.9 Å². The van der Waals surface area contributed by atoms with Crippen molar-refractivity contribution in [1.29, 1.82) is 5.26 Å². The highest BCUT2D eigenvalue weighted by Crippen LogP contribution is 2.45. The van der Waals surface area contributed by atoms with E-state index < -0.39 is 24.0 Å². The number of pyridine rings is 3. The summed E-state index contributed by atoms with van der Waals surface area (Å²) in [5.74, 6) is -2.22. The Morgan fingerprint density at radius 1 is 1.17 bits per heavy atom. The number of carbonyl (C=O) groups is 2. The van der Waals surface area contributed by atoms with E-state index in [-0.39, 0.29) is 23.5 Å². The van der Waals surface area contributed by atoms with Crippen LogP contribution in [0.5, 0.6) is 5.75 Å². The molecular weight excluding hydrogens is 630 g/mol. The molecule has 5 aromatic rings. The molecule has 1 aliphatic heterocycles. The van der Waals surface area contributed by atoms with E-state index in [0.29, 0.717) is 62.2 Å². The number of rotatable bonds is 8. The van der Waals surface area contributed by atoms with Gasteiger partial charge in [-0.25, -0.2) is 9.67 Å². The molecule has 14 heteroatoms. The van der Waals surface area contributed by atoms with Crippen molar-refractivity contribution in [2.24, 2.45) is 11.7 Å². The number of ether oxygens (including phenoxy) is 1. The largest absolute Gasteiger partial charge is 0.482 e. The number of benzene rings is 1. The van der Waals surface area contributed by atoms with Crippen molar-refractivity contribution in [2.75, 3.05) is 4.90 Å². The highest BCUT2D eigenvalue weighted by atomic mass is 35.5. The summed E-state index contributed by atoms with van der Waals surface area (Å²) in [7, 11) is 0. The van der Waals surface area contributed by atoms with Gasteiger partial charge in [0.2, 0.25) is 0 Å². The van der Waals surface area contributed by atoms with Crippen LogP contribution in [-0.2, 0) is 17.8 Å². The minimum atomic E-state index is -4.16. The molecule has 7 rings (SSSR count). The third-order valence-electron chi connectivity index (χ3n) is 8.33. The zero-order chi connectivity index (χ0) is 33.0. The number of alkyl halides is 2. The molecule has 1 aromatic carbocycles. The number of hydrogen-bond donors (Lipinski definition) is 1. The standard InChI is InChI=1S/C33H25ClF2N8O3/c1-17(24-8-4-19(12-37)13-40-24)44-31-23(15-41-44)28(29(30(38)45)25(42-31)10-18-2-3-18)20-5-9-26-27(11-20)47-33(35,36)32(46)43(26)16-22-7-6-21(34)14-39-22/h4-9,11,13-15,17-18H,2-3,10,16H2,1H3,(H2,38,45)/t17-/m0/s1. The Bertz CT molecular complexity index is 2110. The van der Waals surface area contributed by atoms with Gasteiger partial charge in [-0.1, -0.05) is 17.7 Å². The van der Waals surface area contributed by atoms with Gasteiger partial charge >= 0.3 is 12.0 Å². The molecule has 2 amide bonds. The normalized spacial score (nSPS) is 16.0. The Kier molecular flexibility index (Phi) is 7.32. The van der Waals surface area contributed by atoms with Crippen LogP contribution in [0.25, 0.3) is 22.2 Å². The number of nitrogens with zero attached hydrogens (tertiary/aromatic N) is 7. The molecule has 5 heterocycles. The topological polar surface area (TPSA) is 153 Å². The first-order valence-electron chi connectivity index (χ1n) is 14.7. The number of aromatic nitrogens is 5. The maximum atomic E-state index is 15.0. The van der Waals surface area contributed by atoms with Gasteiger partial charge in [-0.05, 0) is 74.1 Å². The summed E-state index contributed by atoms with van der Waals surface area (Å²) in [5, 5.41) is 14.6. The van der Waals surface area contributed by atoms with Gasteiger partial charge in [-0.3, -0.25) is 24.5 Å². The monoisotopic (exact) mass is 654 g/mol. The van der Waals surface area contributed by atoms with Gasteiger partial charge in [0.25, 0.3) is 5.91 Å². The molecule has 236 valence electrons. The first-order valence-corrected chi connectivity index (χ1v) is 15.1. The molecule has 1 fully saturated rings. The predicted octanol–water partition coefficient (Wildman–Crippen LogP) is 5.59. The van der Waals surface area contributed by atoms with E-state index in [0.717, 1.165) is 17.7 Å². The lowest BCUT2D eigenvalue weighted by atomic mass is 9.93.